The van der Waals surface area contributed by atoms with E-state index in [0.29, 0.717) is 15.9 Å². The lowest BCUT2D eigenvalue weighted by Crippen LogP contribution is -2.00. The van der Waals surface area contributed by atoms with E-state index < -0.39 is 4.92 Å². The Morgan fingerprint density at radius 3 is 2.47 bits per heavy atom. The number of ether oxygens (including phenoxy) is 1. The van der Waals surface area contributed by atoms with Gasteiger partial charge >= 0.3 is 5.69 Å². The molecule has 6 heteroatoms. The molecule has 0 bridgehead atoms. The van der Waals surface area contributed by atoms with Crippen molar-refractivity contribution in [2.75, 3.05) is 12.4 Å². The molecule has 0 aliphatic carbocycles. The molecule has 2 aromatic rings. The number of nitro benzene ring substituents is 1. The van der Waals surface area contributed by atoms with Gasteiger partial charge in [0.2, 0.25) is 5.75 Å². The number of anilines is 1. The van der Waals surface area contributed by atoms with Crippen LogP contribution in [0.15, 0.2) is 46.9 Å². The highest BCUT2D eigenvalue weighted by atomic mass is 79.9. The van der Waals surface area contributed by atoms with Gasteiger partial charge in [-0.25, -0.2) is 0 Å². The molecule has 0 aliphatic heterocycles. The first-order valence-corrected chi connectivity index (χ1v) is 6.30. The number of hydrogen-bond acceptors (Lipinski definition) is 4. The standard InChI is InChI=1S/C13H11BrN2O3/c1-15-11-8-7-10(14)13(12(11)16(17)18)19-9-5-3-2-4-6-9/h2-8,15H,1H3. The first-order chi connectivity index (χ1) is 9.13. The van der Waals surface area contributed by atoms with E-state index in [1.807, 2.05) is 6.07 Å². The second kappa shape index (κ2) is 5.71. The van der Waals surface area contributed by atoms with E-state index in [1.54, 1.807) is 43.4 Å². The molecule has 19 heavy (non-hydrogen) atoms. The molecule has 2 rings (SSSR count). The summed E-state index contributed by atoms with van der Waals surface area (Å²) in [5, 5.41) is 14.0. The predicted molar refractivity (Wildman–Crippen MR) is 76.9 cm³/mol. The van der Waals surface area contributed by atoms with Crippen LogP contribution >= 0.6 is 15.9 Å². The molecule has 0 saturated heterocycles. The summed E-state index contributed by atoms with van der Waals surface area (Å²) < 4.78 is 6.15. The van der Waals surface area contributed by atoms with Crippen molar-refractivity contribution in [2.45, 2.75) is 0 Å². The molecule has 98 valence electrons. The van der Waals surface area contributed by atoms with Crippen LogP contribution in [0.3, 0.4) is 0 Å². The summed E-state index contributed by atoms with van der Waals surface area (Å²) in [4.78, 5) is 10.7. The molecule has 0 radical (unpaired) electrons. The second-order valence-electron chi connectivity index (χ2n) is 3.69. The average Bonchev–Trinajstić information content (AvgIpc) is 2.41. The van der Waals surface area contributed by atoms with Crippen LogP contribution in [0, 0.1) is 10.1 Å². The molecule has 0 saturated carbocycles. The lowest BCUT2D eigenvalue weighted by molar-refractivity contribution is -0.384. The van der Waals surface area contributed by atoms with Crippen LogP contribution in [0.4, 0.5) is 11.4 Å². The van der Waals surface area contributed by atoms with Gasteiger partial charge in [-0.05, 0) is 40.2 Å². The summed E-state index contributed by atoms with van der Waals surface area (Å²) in [5.74, 6) is 0.725. The smallest absolute Gasteiger partial charge is 0.335 e. The topological polar surface area (TPSA) is 64.4 Å². The van der Waals surface area contributed by atoms with Gasteiger partial charge in [-0.1, -0.05) is 18.2 Å². The first kappa shape index (κ1) is 13.4. The zero-order valence-electron chi connectivity index (χ0n) is 10.1. The van der Waals surface area contributed by atoms with Gasteiger partial charge in [0.05, 0.1) is 9.40 Å². The zero-order chi connectivity index (χ0) is 13.8. The third-order valence-electron chi connectivity index (χ3n) is 2.50. The maximum absolute atomic E-state index is 11.2. The summed E-state index contributed by atoms with van der Waals surface area (Å²) in [6, 6.07) is 12.3. The van der Waals surface area contributed by atoms with Crippen molar-refractivity contribution in [1.29, 1.82) is 0 Å². The van der Waals surface area contributed by atoms with Gasteiger partial charge in [0.25, 0.3) is 0 Å². The van der Waals surface area contributed by atoms with Gasteiger partial charge in [0, 0.05) is 7.05 Å². The Hall–Kier alpha value is -2.08. The highest BCUT2D eigenvalue weighted by Gasteiger charge is 2.24. The highest BCUT2D eigenvalue weighted by molar-refractivity contribution is 9.10. The summed E-state index contributed by atoms with van der Waals surface area (Å²) in [6.45, 7) is 0. The van der Waals surface area contributed by atoms with Crippen molar-refractivity contribution >= 4 is 27.3 Å². The third kappa shape index (κ3) is 2.85. The minimum atomic E-state index is -0.463. The van der Waals surface area contributed by atoms with Crippen LogP contribution in [0.5, 0.6) is 11.5 Å². The number of para-hydroxylation sites is 1. The molecule has 0 amide bonds. The van der Waals surface area contributed by atoms with E-state index in [2.05, 4.69) is 21.2 Å². The number of hydrogen-bond donors (Lipinski definition) is 1. The third-order valence-corrected chi connectivity index (χ3v) is 3.12. The van der Waals surface area contributed by atoms with Crippen molar-refractivity contribution in [2.24, 2.45) is 0 Å². The Morgan fingerprint density at radius 1 is 1.21 bits per heavy atom. The fourth-order valence-electron chi connectivity index (χ4n) is 1.63. The summed E-state index contributed by atoms with van der Waals surface area (Å²) in [5.41, 5.74) is 0.305. The molecule has 0 aliphatic rings. The SMILES string of the molecule is CNc1ccc(Br)c(Oc2ccccc2)c1[N+](=O)[O-]. The largest absolute Gasteiger partial charge is 0.449 e. The molecule has 0 heterocycles. The van der Waals surface area contributed by atoms with Crippen molar-refractivity contribution in [3.63, 3.8) is 0 Å². The Balaban J connectivity index is 2.52. The van der Waals surface area contributed by atoms with E-state index in [-0.39, 0.29) is 11.4 Å². The fourth-order valence-corrected chi connectivity index (χ4v) is 2.03. The van der Waals surface area contributed by atoms with E-state index >= 15 is 0 Å². The maximum Gasteiger partial charge on any atom is 0.335 e. The summed E-state index contributed by atoms with van der Waals surface area (Å²) in [7, 11) is 1.63. The number of benzene rings is 2. The Kier molecular flexibility index (Phi) is 4.01. The lowest BCUT2D eigenvalue weighted by Gasteiger charge is -2.11. The Morgan fingerprint density at radius 2 is 1.89 bits per heavy atom. The van der Waals surface area contributed by atoms with Crippen LogP contribution < -0.4 is 10.1 Å². The number of nitrogens with one attached hydrogen (secondary N) is 1. The normalized spacial score (nSPS) is 10.0. The van der Waals surface area contributed by atoms with Crippen LogP contribution in [0.2, 0.25) is 0 Å². The molecule has 0 atom stereocenters. The number of nitrogens with zero attached hydrogens (tertiary/aromatic N) is 1. The van der Waals surface area contributed by atoms with Crippen LogP contribution in [0.25, 0.3) is 0 Å². The van der Waals surface area contributed by atoms with E-state index in [0.717, 1.165) is 0 Å². The summed E-state index contributed by atoms with van der Waals surface area (Å²) in [6.07, 6.45) is 0. The molecular formula is C13H11BrN2O3. The quantitative estimate of drug-likeness (QED) is 0.677. The van der Waals surface area contributed by atoms with Gasteiger partial charge in [-0.15, -0.1) is 0 Å². The van der Waals surface area contributed by atoms with Crippen LogP contribution in [-0.2, 0) is 0 Å². The zero-order valence-corrected chi connectivity index (χ0v) is 11.7. The molecule has 0 fully saturated rings. The van der Waals surface area contributed by atoms with Gasteiger partial charge in [-0.2, -0.15) is 0 Å². The summed E-state index contributed by atoms with van der Waals surface area (Å²) >= 11 is 3.28. The van der Waals surface area contributed by atoms with Crippen molar-refractivity contribution in [3.8, 4) is 11.5 Å². The minimum Gasteiger partial charge on any atom is -0.449 e. The lowest BCUT2D eigenvalue weighted by atomic mass is 10.2. The maximum atomic E-state index is 11.2. The molecular weight excluding hydrogens is 312 g/mol. The highest BCUT2D eigenvalue weighted by Crippen LogP contribution is 2.42. The minimum absolute atomic E-state index is 0.0965. The average molecular weight is 323 g/mol. The monoisotopic (exact) mass is 322 g/mol. The predicted octanol–water partition coefficient (Wildman–Crippen LogP) is 4.19. The van der Waals surface area contributed by atoms with Gasteiger partial charge < -0.3 is 10.1 Å². The van der Waals surface area contributed by atoms with E-state index in [9.17, 15) is 10.1 Å². The molecule has 2 aromatic carbocycles. The van der Waals surface area contributed by atoms with Crippen molar-refractivity contribution < 1.29 is 9.66 Å². The number of nitro groups is 1. The van der Waals surface area contributed by atoms with Crippen LogP contribution in [-0.4, -0.2) is 12.0 Å². The molecule has 0 aromatic heterocycles. The molecule has 0 spiro atoms. The fraction of sp³-hybridized carbons (Fsp3) is 0.0769. The molecule has 0 unspecified atom stereocenters. The molecule has 1 N–H and O–H groups in total. The Bertz CT molecular complexity index is 602. The first-order valence-electron chi connectivity index (χ1n) is 5.51. The second-order valence-corrected chi connectivity index (χ2v) is 4.55. The molecule has 5 nitrogen and oxygen atoms in total. The number of rotatable bonds is 4. The van der Waals surface area contributed by atoms with E-state index in [1.165, 1.54) is 0 Å². The van der Waals surface area contributed by atoms with Crippen molar-refractivity contribution in [1.82, 2.24) is 0 Å². The van der Waals surface area contributed by atoms with Gasteiger partial charge in [-0.3, -0.25) is 10.1 Å². The number of halogens is 1. The Labute approximate surface area is 118 Å². The van der Waals surface area contributed by atoms with Gasteiger partial charge in [0.15, 0.2) is 0 Å². The van der Waals surface area contributed by atoms with E-state index in [4.69, 9.17) is 4.74 Å². The van der Waals surface area contributed by atoms with Crippen molar-refractivity contribution in [3.05, 3.63) is 57.1 Å². The van der Waals surface area contributed by atoms with Gasteiger partial charge in [0.1, 0.15) is 11.4 Å². The van der Waals surface area contributed by atoms with Crippen LogP contribution in [0.1, 0.15) is 0 Å².